The van der Waals surface area contributed by atoms with E-state index in [1.807, 2.05) is 30.3 Å². The molecule has 3 aromatic rings. The Balaban J connectivity index is 1.32. The van der Waals surface area contributed by atoms with Gasteiger partial charge in [0.15, 0.2) is 5.13 Å². The molecule has 0 unspecified atom stereocenters. The van der Waals surface area contributed by atoms with E-state index in [0.29, 0.717) is 23.7 Å². The van der Waals surface area contributed by atoms with Crippen molar-refractivity contribution in [3.05, 3.63) is 47.6 Å². The highest BCUT2D eigenvalue weighted by molar-refractivity contribution is 7.14. The highest BCUT2D eigenvalue weighted by atomic mass is 32.1. The second-order valence-corrected chi connectivity index (χ2v) is 7.82. The Bertz CT molecular complexity index is 1020. The van der Waals surface area contributed by atoms with Gasteiger partial charge in [0.25, 0.3) is 5.91 Å². The Morgan fingerprint density at radius 2 is 2.00 bits per heavy atom. The van der Waals surface area contributed by atoms with Crippen molar-refractivity contribution in [3.63, 3.8) is 0 Å². The van der Waals surface area contributed by atoms with Crippen LogP contribution in [0.4, 0.5) is 5.13 Å². The molecule has 0 aliphatic heterocycles. The van der Waals surface area contributed by atoms with Crippen LogP contribution in [0, 0.1) is 5.92 Å². The lowest BCUT2D eigenvalue weighted by Gasteiger charge is -2.34. The number of rotatable bonds is 5. The minimum absolute atomic E-state index is 0.00877. The number of nitrogens with zero attached hydrogens (tertiary/aromatic N) is 3. The molecule has 7 nitrogen and oxygen atoms in total. The van der Waals surface area contributed by atoms with E-state index in [1.165, 1.54) is 16.2 Å². The number of pyridine rings is 1. The van der Waals surface area contributed by atoms with Crippen molar-refractivity contribution in [2.24, 2.45) is 5.92 Å². The molecular formula is C20H20N4O3S. The van der Waals surface area contributed by atoms with Crippen molar-refractivity contribution < 1.29 is 14.3 Å². The normalized spacial score (nSPS) is 18.4. The summed E-state index contributed by atoms with van der Waals surface area (Å²) >= 11 is 1.25. The van der Waals surface area contributed by atoms with Gasteiger partial charge in [0.05, 0.1) is 0 Å². The summed E-state index contributed by atoms with van der Waals surface area (Å²) < 4.78 is 6.05. The molecule has 0 atom stereocenters. The fourth-order valence-corrected chi connectivity index (χ4v) is 3.78. The SMILES string of the molecule is CN(C)C(=O)c1csc(NC(=O)C2CC(Oc3cccc4cccnc34)C2)n1. The molecule has 0 spiro atoms. The van der Waals surface area contributed by atoms with Crippen LogP contribution in [0.25, 0.3) is 10.9 Å². The number of para-hydroxylation sites is 1. The Labute approximate surface area is 166 Å². The van der Waals surface area contributed by atoms with Crippen molar-refractivity contribution in [1.29, 1.82) is 0 Å². The highest BCUT2D eigenvalue weighted by Gasteiger charge is 2.36. The molecule has 1 aromatic carbocycles. The quantitative estimate of drug-likeness (QED) is 0.716. The smallest absolute Gasteiger partial charge is 0.272 e. The van der Waals surface area contributed by atoms with Crippen molar-refractivity contribution in [3.8, 4) is 5.75 Å². The third-order valence-electron chi connectivity index (χ3n) is 4.71. The molecule has 1 fully saturated rings. The largest absolute Gasteiger partial charge is 0.488 e. The standard InChI is InChI=1S/C20H20N4O3S/c1-24(2)19(26)15-11-28-20(22-15)23-18(25)13-9-14(10-13)27-16-7-3-5-12-6-4-8-21-17(12)16/h3-8,11,13-14H,9-10H2,1-2H3,(H,22,23,25). The lowest BCUT2D eigenvalue weighted by Crippen LogP contribution is -2.40. The van der Waals surface area contributed by atoms with E-state index in [-0.39, 0.29) is 23.8 Å². The van der Waals surface area contributed by atoms with Crippen molar-refractivity contribution in [2.75, 3.05) is 19.4 Å². The number of carbonyl (C=O) groups is 2. The van der Waals surface area contributed by atoms with E-state index in [4.69, 9.17) is 4.74 Å². The number of anilines is 1. The van der Waals surface area contributed by atoms with Gasteiger partial charge in [-0.1, -0.05) is 18.2 Å². The third kappa shape index (κ3) is 3.68. The molecule has 4 rings (SSSR count). The van der Waals surface area contributed by atoms with Crippen LogP contribution in [-0.4, -0.2) is 46.9 Å². The third-order valence-corrected chi connectivity index (χ3v) is 5.47. The molecule has 2 aromatic heterocycles. The molecule has 0 saturated heterocycles. The zero-order chi connectivity index (χ0) is 19.7. The van der Waals surface area contributed by atoms with Crippen LogP contribution in [0.1, 0.15) is 23.3 Å². The van der Waals surface area contributed by atoms with E-state index in [0.717, 1.165) is 16.7 Å². The fourth-order valence-electron chi connectivity index (χ4n) is 3.09. The number of ether oxygens (including phenoxy) is 1. The lowest BCUT2D eigenvalue weighted by atomic mass is 9.81. The van der Waals surface area contributed by atoms with Gasteiger partial charge in [-0.05, 0) is 25.0 Å². The fraction of sp³-hybridized carbons (Fsp3) is 0.300. The second kappa shape index (κ2) is 7.55. The predicted octanol–water partition coefficient (Wildman–Crippen LogP) is 3.19. The number of amides is 2. The number of hydrogen-bond acceptors (Lipinski definition) is 6. The summed E-state index contributed by atoms with van der Waals surface area (Å²) in [5.74, 6) is 0.352. The molecule has 2 heterocycles. The number of aromatic nitrogens is 2. The number of thiazole rings is 1. The number of fused-ring (bicyclic) bond motifs is 1. The van der Waals surface area contributed by atoms with Crippen LogP contribution in [0.3, 0.4) is 0 Å². The van der Waals surface area contributed by atoms with E-state index >= 15 is 0 Å². The summed E-state index contributed by atoms with van der Waals surface area (Å²) in [6, 6.07) is 9.73. The van der Waals surface area contributed by atoms with Gasteiger partial charge in [-0.25, -0.2) is 4.98 Å². The lowest BCUT2D eigenvalue weighted by molar-refractivity contribution is -0.125. The average Bonchev–Trinajstić information content (AvgIpc) is 3.11. The van der Waals surface area contributed by atoms with Gasteiger partial charge in [0.1, 0.15) is 23.1 Å². The zero-order valence-corrected chi connectivity index (χ0v) is 16.4. The van der Waals surface area contributed by atoms with E-state index in [9.17, 15) is 9.59 Å². The van der Waals surface area contributed by atoms with Gasteiger partial charge in [-0.2, -0.15) is 0 Å². The molecule has 28 heavy (non-hydrogen) atoms. The molecule has 0 bridgehead atoms. The second-order valence-electron chi connectivity index (χ2n) is 6.97. The molecular weight excluding hydrogens is 376 g/mol. The van der Waals surface area contributed by atoms with E-state index in [2.05, 4.69) is 15.3 Å². The van der Waals surface area contributed by atoms with Gasteiger partial charge < -0.3 is 15.0 Å². The molecule has 8 heteroatoms. The molecule has 1 N–H and O–H groups in total. The average molecular weight is 396 g/mol. The first-order valence-corrected chi connectivity index (χ1v) is 9.87. The Kier molecular flexibility index (Phi) is 4.95. The van der Waals surface area contributed by atoms with Crippen molar-refractivity contribution in [1.82, 2.24) is 14.9 Å². The monoisotopic (exact) mass is 396 g/mol. The maximum atomic E-state index is 12.4. The van der Waals surface area contributed by atoms with Gasteiger partial charge in [-0.3, -0.25) is 14.6 Å². The Morgan fingerprint density at radius 3 is 2.79 bits per heavy atom. The van der Waals surface area contributed by atoms with Gasteiger partial charge in [-0.15, -0.1) is 11.3 Å². The summed E-state index contributed by atoms with van der Waals surface area (Å²) in [7, 11) is 3.33. The van der Waals surface area contributed by atoms with Crippen LogP contribution in [0.2, 0.25) is 0 Å². The maximum Gasteiger partial charge on any atom is 0.272 e. The number of hydrogen-bond donors (Lipinski definition) is 1. The summed E-state index contributed by atoms with van der Waals surface area (Å²) in [6.45, 7) is 0. The molecule has 1 aliphatic rings. The van der Waals surface area contributed by atoms with Crippen LogP contribution in [0.15, 0.2) is 41.9 Å². The van der Waals surface area contributed by atoms with Crippen LogP contribution in [0.5, 0.6) is 5.75 Å². The number of benzene rings is 1. The summed E-state index contributed by atoms with van der Waals surface area (Å²) in [4.78, 5) is 34.3. The molecule has 1 aliphatic carbocycles. The first-order valence-electron chi connectivity index (χ1n) is 8.99. The topological polar surface area (TPSA) is 84.4 Å². The highest BCUT2D eigenvalue weighted by Crippen LogP contribution is 2.34. The molecule has 144 valence electrons. The summed E-state index contributed by atoms with van der Waals surface area (Å²) in [5.41, 5.74) is 1.17. The predicted molar refractivity (Wildman–Crippen MR) is 108 cm³/mol. The Morgan fingerprint density at radius 1 is 1.21 bits per heavy atom. The first kappa shape index (κ1) is 18.4. The minimum atomic E-state index is -0.183. The zero-order valence-electron chi connectivity index (χ0n) is 15.6. The Hall–Kier alpha value is -3.00. The van der Waals surface area contributed by atoms with Crippen molar-refractivity contribution in [2.45, 2.75) is 18.9 Å². The summed E-state index contributed by atoms with van der Waals surface area (Å²) in [5, 5.41) is 5.92. The van der Waals surface area contributed by atoms with Gasteiger partial charge in [0.2, 0.25) is 5.91 Å². The van der Waals surface area contributed by atoms with E-state index < -0.39 is 0 Å². The molecule has 1 saturated carbocycles. The number of carbonyl (C=O) groups excluding carboxylic acids is 2. The van der Waals surface area contributed by atoms with Gasteiger partial charge >= 0.3 is 0 Å². The minimum Gasteiger partial charge on any atom is -0.488 e. The number of nitrogens with one attached hydrogen (secondary N) is 1. The summed E-state index contributed by atoms with van der Waals surface area (Å²) in [6.07, 6.45) is 3.02. The maximum absolute atomic E-state index is 12.4. The van der Waals surface area contributed by atoms with Crippen LogP contribution in [-0.2, 0) is 4.79 Å². The van der Waals surface area contributed by atoms with Crippen LogP contribution < -0.4 is 10.1 Å². The molecule has 2 amide bonds. The molecule has 0 radical (unpaired) electrons. The van der Waals surface area contributed by atoms with Crippen molar-refractivity contribution >= 4 is 39.2 Å². The first-order chi connectivity index (χ1) is 13.5. The van der Waals surface area contributed by atoms with Crippen LogP contribution >= 0.6 is 11.3 Å². The van der Waals surface area contributed by atoms with Gasteiger partial charge in [0, 0.05) is 37.0 Å². The van der Waals surface area contributed by atoms with E-state index in [1.54, 1.807) is 25.7 Å².